The van der Waals surface area contributed by atoms with E-state index in [2.05, 4.69) is 21.1 Å². The molecule has 1 fully saturated rings. The van der Waals surface area contributed by atoms with Gasteiger partial charge in [0.15, 0.2) is 16.8 Å². The molecule has 7 nitrogen and oxygen atoms in total. The maximum Gasteiger partial charge on any atom is 0.331 e. The molecule has 3 aliphatic rings. The van der Waals surface area contributed by atoms with Gasteiger partial charge in [-0.2, -0.15) is 0 Å². The van der Waals surface area contributed by atoms with E-state index in [1.54, 1.807) is 0 Å². The van der Waals surface area contributed by atoms with Crippen molar-refractivity contribution < 1.29 is 18.5 Å². The third-order valence-electron chi connectivity index (χ3n) is 6.18. The van der Waals surface area contributed by atoms with Crippen molar-refractivity contribution in [3.63, 3.8) is 0 Å². The third-order valence-corrected chi connectivity index (χ3v) is 8.77. The molecular weight excluding hydrogens is 434 g/mol. The lowest BCUT2D eigenvalue weighted by Crippen LogP contribution is -2.31. The maximum atomic E-state index is 12.8. The number of fused-ring (bicyclic) bond motifs is 2. The summed E-state index contributed by atoms with van der Waals surface area (Å²) in [4.78, 5) is 17.1. The average molecular weight is 462 g/mol. The van der Waals surface area contributed by atoms with E-state index in [1.165, 1.54) is 39.8 Å². The minimum Gasteiger partial charge on any atom is -0.347 e. The second kappa shape index (κ2) is 7.65. The highest BCUT2D eigenvalue weighted by atomic mass is 32.2. The number of hydrogen-bond donors (Lipinski definition) is 2. The van der Waals surface area contributed by atoms with Crippen molar-refractivity contribution in [2.75, 3.05) is 11.9 Å². The molecule has 1 aliphatic heterocycles. The third kappa shape index (κ3) is 3.92. The summed E-state index contributed by atoms with van der Waals surface area (Å²) in [6, 6.07) is 1.87. The molecule has 2 N–H and O–H groups in total. The first-order chi connectivity index (χ1) is 14.7. The normalized spacial score (nSPS) is 24.6. The van der Waals surface area contributed by atoms with Crippen molar-refractivity contribution in [2.24, 2.45) is 0 Å². The predicted octanol–water partition coefficient (Wildman–Crippen LogP) is 3.96. The van der Waals surface area contributed by atoms with Crippen LogP contribution in [0.25, 0.3) is 0 Å². The van der Waals surface area contributed by atoms with Crippen molar-refractivity contribution in [1.82, 2.24) is 9.71 Å². The van der Waals surface area contributed by atoms with Gasteiger partial charge in [0, 0.05) is 5.69 Å². The van der Waals surface area contributed by atoms with Crippen LogP contribution < -0.4 is 10.0 Å². The quantitative estimate of drug-likeness (QED) is 0.719. The number of aromatic nitrogens is 1. The SMILES string of the molecule is CC1(C)OCC(C)(c2ncc(S(=O)NC(=O)Nc3c4c(cc5c3CCC5)CCC4)s2)O1. The van der Waals surface area contributed by atoms with Crippen LogP contribution in [-0.4, -0.2) is 27.6 Å². The van der Waals surface area contributed by atoms with Gasteiger partial charge in [0.2, 0.25) is 0 Å². The number of nitrogens with one attached hydrogen (secondary N) is 2. The number of aryl methyl sites for hydroxylation is 2. The molecule has 1 aromatic carbocycles. The molecule has 166 valence electrons. The molecule has 2 aliphatic carbocycles. The highest BCUT2D eigenvalue weighted by Crippen LogP contribution is 2.41. The number of benzene rings is 1. The standard InChI is InChI=1S/C22H27N3O4S2/c1-21(2)28-12-22(3,29-21)19-23-11-17(30-19)31(27)25-20(26)24-18-15-8-4-6-13(15)10-14-7-5-9-16(14)18/h10-11H,4-9,12H2,1-3H3,(H2,24,25,26). The molecule has 2 amide bonds. The van der Waals surface area contributed by atoms with Crippen molar-refractivity contribution in [3.8, 4) is 0 Å². The number of amides is 2. The van der Waals surface area contributed by atoms with Crippen LogP contribution >= 0.6 is 11.3 Å². The Morgan fingerprint density at radius 3 is 2.42 bits per heavy atom. The Morgan fingerprint density at radius 1 is 1.13 bits per heavy atom. The Bertz CT molecular complexity index is 1050. The Hall–Kier alpha value is -1.81. The summed E-state index contributed by atoms with van der Waals surface area (Å²) in [7, 11) is -1.70. The van der Waals surface area contributed by atoms with Crippen molar-refractivity contribution in [3.05, 3.63) is 39.5 Å². The molecule has 2 unspecified atom stereocenters. The monoisotopic (exact) mass is 461 g/mol. The lowest BCUT2D eigenvalue weighted by molar-refractivity contribution is -0.159. The highest BCUT2D eigenvalue weighted by molar-refractivity contribution is 7.86. The summed E-state index contributed by atoms with van der Waals surface area (Å²) >= 11 is 1.27. The molecule has 1 saturated heterocycles. The number of carbonyl (C=O) groups is 1. The summed E-state index contributed by atoms with van der Waals surface area (Å²) in [5.41, 5.74) is 5.43. The zero-order valence-corrected chi connectivity index (χ0v) is 19.6. The van der Waals surface area contributed by atoms with Crippen molar-refractivity contribution in [2.45, 2.75) is 74.9 Å². The molecule has 0 spiro atoms. The summed E-state index contributed by atoms with van der Waals surface area (Å²) in [6.45, 7) is 5.99. The molecular formula is C22H27N3O4S2. The second-order valence-electron chi connectivity index (χ2n) is 9.06. The first-order valence-electron chi connectivity index (χ1n) is 10.7. The first-order valence-corrected chi connectivity index (χ1v) is 12.7. The maximum absolute atomic E-state index is 12.8. The molecule has 9 heteroatoms. The van der Waals surface area contributed by atoms with Crippen LogP contribution in [-0.2, 0) is 51.7 Å². The van der Waals surface area contributed by atoms with Gasteiger partial charge in [-0.15, -0.1) is 11.3 Å². The fraction of sp³-hybridized carbons (Fsp3) is 0.545. The second-order valence-corrected chi connectivity index (χ2v) is 11.5. The van der Waals surface area contributed by atoms with Crippen molar-refractivity contribution >= 4 is 34.0 Å². The largest absolute Gasteiger partial charge is 0.347 e. The summed E-state index contributed by atoms with van der Waals surface area (Å²) < 4.78 is 27.5. The minimum absolute atomic E-state index is 0.373. The van der Waals surface area contributed by atoms with E-state index in [4.69, 9.17) is 9.47 Å². The molecule has 0 radical (unpaired) electrons. The first kappa shape index (κ1) is 21.1. The minimum atomic E-state index is -1.70. The van der Waals surface area contributed by atoms with Crippen LogP contribution in [0.5, 0.6) is 0 Å². The van der Waals surface area contributed by atoms with Crippen LogP contribution in [0.3, 0.4) is 0 Å². The van der Waals surface area contributed by atoms with Gasteiger partial charge in [0.25, 0.3) is 0 Å². The Kier molecular flexibility index (Phi) is 5.20. The molecule has 1 aromatic heterocycles. The van der Waals surface area contributed by atoms with Gasteiger partial charge in [-0.25, -0.2) is 14.0 Å². The van der Waals surface area contributed by atoms with E-state index in [0.29, 0.717) is 15.8 Å². The zero-order valence-electron chi connectivity index (χ0n) is 18.0. The van der Waals surface area contributed by atoms with E-state index in [9.17, 15) is 9.00 Å². The van der Waals surface area contributed by atoms with E-state index >= 15 is 0 Å². The summed E-state index contributed by atoms with van der Waals surface area (Å²) in [5, 5.41) is 3.70. The molecule has 0 saturated carbocycles. The average Bonchev–Trinajstić information content (AvgIpc) is 3.47. The molecule has 2 aromatic rings. The summed E-state index contributed by atoms with van der Waals surface area (Å²) in [6.07, 6.45) is 7.86. The number of thiazole rings is 1. The molecule has 2 heterocycles. The van der Waals surface area contributed by atoms with Crippen LogP contribution in [0.15, 0.2) is 16.5 Å². The molecule has 2 atom stereocenters. The number of rotatable bonds is 4. The zero-order chi connectivity index (χ0) is 21.8. The molecule has 0 bridgehead atoms. The predicted molar refractivity (Wildman–Crippen MR) is 120 cm³/mol. The van der Waals surface area contributed by atoms with Gasteiger partial charge >= 0.3 is 6.03 Å². The Morgan fingerprint density at radius 2 is 1.81 bits per heavy atom. The van der Waals surface area contributed by atoms with E-state index in [0.717, 1.165) is 44.2 Å². The van der Waals surface area contributed by atoms with Gasteiger partial charge in [-0.3, -0.25) is 4.72 Å². The lowest BCUT2D eigenvalue weighted by atomic mass is 9.99. The number of hydrogen-bond acceptors (Lipinski definition) is 6. The van der Waals surface area contributed by atoms with E-state index in [-0.39, 0.29) is 0 Å². The lowest BCUT2D eigenvalue weighted by Gasteiger charge is -2.22. The number of nitrogens with zero attached hydrogens (tertiary/aromatic N) is 1. The smallest absolute Gasteiger partial charge is 0.331 e. The van der Waals surface area contributed by atoms with E-state index in [1.807, 2.05) is 20.8 Å². The number of carbonyl (C=O) groups excluding carboxylic acids is 1. The van der Waals surface area contributed by atoms with Gasteiger partial charge in [0.1, 0.15) is 14.8 Å². The van der Waals surface area contributed by atoms with Gasteiger partial charge in [-0.05, 0) is 81.5 Å². The fourth-order valence-corrected chi connectivity index (χ4v) is 6.70. The molecule has 31 heavy (non-hydrogen) atoms. The van der Waals surface area contributed by atoms with Gasteiger partial charge < -0.3 is 14.8 Å². The summed E-state index contributed by atoms with van der Waals surface area (Å²) in [5.74, 6) is -0.686. The van der Waals surface area contributed by atoms with E-state index < -0.39 is 28.4 Å². The number of urea groups is 1. The highest BCUT2D eigenvalue weighted by Gasteiger charge is 2.45. The van der Waals surface area contributed by atoms with Gasteiger partial charge in [-0.1, -0.05) is 6.07 Å². The Balaban J connectivity index is 1.30. The van der Waals surface area contributed by atoms with Crippen LogP contribution in [0.4, 0.5) is 10.5 Å². The molecule has 5 rings (SSSR count). The number of ether oxygens (including phenoxy) is 2. The van der Waals surface area contributed by atoms with Crippen LogP contribution in [0, 0.1) is 0 Å². The van der Waals surface area contributed by atoms with Crippen LogP contribution in [0.1, 0.15) is 60.9 Å². The topological polar surface area (TPSA) is 89.5 Å². The fourth-order valence-electron chi connectivity index (χ4n) is 4.85. The van der Waals surface area contributed by atoms with Gasteiger partial charge in [0.05, 0.1) is 12.8 Å². The Labute approximate surface area is 188 Å². The van der Waals surface area contributed by atoms with Crippen molar-refractivity contribution in [1.29, 1.82) is 0 Å². The van der Waals surface area contributed by atoms with Crippen LogP contribution in [0.2, 0.25) is 0 Å². The number of anilines is 1.